The van der Waals surface area contributed by atoms with Crippen molar-refractivity contribution in [2.45, 2.75) is 102 Å². The summed E-state index contributed by atoms with van der Waals surface area (Å²) in [5, 5.41) is 18.0. The predicted octanol–water partition coefficient (Wildman–Crippen LogP) is 8.27. The van der Waals surface area contributed by atoms with E-state index in [0.717, 1.165) is 49.0 Å². The van der Waals surface area contributed by atoms with Gasteiger partial charge in [-0.1, -0.05) is 24.3 Å². The Balaban J connectivity index is 1.05. The third kappa shape index (κ3) is 8.17. The highest BCUT2D eigenvalue weighted by Crippen LogP contribution is 2.38. The molecule has 0 saturated heterocycles. The molecule has 4 rings (SSSR count). The fourth-order valence-corrected chi connectivity index (χ4v) is 6.34. The second-order valence-corrected chi connectivity index (χ2v) is 11.6. The highest BCUT2D eigenvalue weighted by molar-refractivity contribution is 5.34. The van der Waals surface area contributed by atoms with Gasteiger partial charge in [-0.2, -0.15) is 10.5 Å². The molecule has 4 heteroatoms. The average Bonchev–Trinajstić information content (AvgIpc) is 2.98. The summed E-state index contributed by atoms with van der Waals surface area (Å²) in [5.74, 6) is 2.79. The van der Waals surface area contributed by atoms with Gasteiger partial charge < -0.3 is 9.47 Å². The first-order valence-corrected chi connectivity index (χ1v) is 14.8. The fourth-order valence-electron chi connectivity index (χ4n) is 6.34. The Hall–Kier alpha value is -2.66. The van der Waals surface area contributed by atoms with Crippen molar-refractivity contribution in [1.82, 2.24) is 0 Å². The minimum atomic E-state index is 0.122. The Kier molecular flexibility index (Phi) is 10.8. The van der Waals surface area contributed by atoms with E-state index in [4.69, 9.17) is 20.0 Å². The second kappa shape index (κ2) is 14.5. The molecular weight excluding hydrogens is 468 g/mol. The molecule has 0 bridgehead atoms. The number of rotatable bonds is 11. The lowest BCUT2D eigenvalue weighted by Crippen LogP contribution is -2.28. The van der Waals surface area contributed by atoms with E-state index >= 15 is 0 Å². The van der Waals surface area contributed by atoms with Gasteiger partial charge in [-0.3, -0.25) is 0 Å². The van der Waals surface area contributed by atoms with Crippen molar-refractivity contribution in [3.8, 4) is 12.1 Å². The van der Waals surface area contributed by atoms with Crippen molar-refractivity contribution in [3.63, 3.8) is 0 Å². The van der Waals surface area contributed by atoms with Gasteiger partial charge in [0.1, 0.15) is 0 Å². The Labute approximate surface area is 230 Å². The third-order valence-corrected chi connectivity index (χ3v) is 9.19. The van der Waals surface area contributed by atoms with Crippen molar-refractivity contribution < 1.29 is 9.47 Å². The molecule has 0 spiro atoms. The van der Waals surface area contributed by atoms with Gasteiger partial charge in [-0.15, -0.1) is 0 Å². The van der Waals surface area contributed by atoms with Crippen LogP contribution in [-0.2, 0) is 9.47 Å². The summed E-state index contributed by atoms with van der Waals surface area (Å²) in [4.78, 5) is 0. The molecule has 202 valence electrons. The summed E-state index contributed by atoms with van der Waals surface area (Å²) in [6.45, 7) is 5.94. The van der Waals surface area contributed by atoms with Gasteiger partial charge in [-0.05, 0) is 137 Å². The molecule has 0 heterocycles. The zero-order valence-electron chi connectivity index (χ0n) is 23.3. The Morgan fingerprint density at radius 1 is 0.605 bits per heavy atom. The summed E-state index contributed by atoms with van der Waals surface area (Å²) in [6, 6.07) is 20.8. The molecule has 38 heavy (non-hydrogen) atoms. The number of nitriles is 2. The van der Waals surface area contributed by atoms with Crippen molar-refractivity contribution >= 4 is 0 Å². The van der Waals surface area contributed by atoms with Gasteiger partial charge >= 0.3 is 0 Å². The first-order chi connectivity index (χ1) is 18.6. The number of benzene rings is 2. The zero-order chi connectivity index (χ0) is 26.7. The standard InChI is InChI=1S/C34H44N2O2/c1-25(37-21-19-27-3-11-31(12-4-27)33-15-7-29(23-35)8-16-33)26(2)38-22-20-28-5-13-32(14-6-28)34-17-9-30(24-36)10-18-34/h7-10,15-18,25-28,31-32H,3-6,11-14,19-22H2,1-2H3. The lowest BCUT2D eigenvalue weighted by atomic mass is 9.77. The van der Waals surface area contributed by atoms with E-state index in [2.05, 4.69) is 50.3 Å². The van der Waals surface area contributed by atoms with E-state index in [1.54, 1.807) is 0 Å². The number of ether oxygens (including phenoxy) is 2. The van der Waals surface area contributed by atoms with Crippen LogP contribution in [0.5, 0.6) is 0 Å². The number of hydrogen-bond acceptors (Lipinski definition) is 4. The Morgan fingerprint density at radius 2 is 0.947 bits per heavy atom. The monoisotopic (exact) mass is 512 g/mol. The molecule has 2 atom stereocenters. The molecule has 0 amide bonds. The fraction of sp³-hybridized carbons (Fsp3) is 0.588. The summed E-state index contributed by atoms with van der Waals surface area (Å²) in [7, 11) is 0. The van der Waals surface area contributed by atoms with Gasteiger partial charge in [0.15, 0.2) is 0 Å². The van der Waals surface area contributed by atoms with E-state index in [0.29, 0.717) is 11.8 Å². The van der Waals surface area contributed by atoms with E-state index in [-0.39, 0.29) is 12.2 Å². The van der Waals surface area contributed by atoms with Crippen molar-refractivity contribution in [2.24, 2.45) is 11.8 Å². The highest BCUT2D eigenvalue weighted by Gasteiger charge is 2.24. The van der Waals surface area contributed by atoms with E-state index in [1.165, 1.54) is 62.5 Å². The molecule has 2 aromatic rings. The van der Waals surface area contributed by atoms with Gasteiger partial charge in [0.25, 0.3) is 0 Å². The van der Waals surface area contributed by atoms with Crippen molar-refractivity contribution in [3.05, 3.63) is 70.8 Å². The minimum Gasteiger partial charge on any atom is -0.376 e. The topological polar surface area (TPSA) is 66.0 Å². The molecular formula is C34H44N2O2. The lowest BCUT2D eigenvalue weighted by Gasteiger charge is -2.30. The van der Waals surface area contributed by atoms with E-state index in [9.17, 15) is 0 Å². The molecule has 4 nitrogen and oxygen atoms in total. The van der Waals surface area contributed by atoms with Gasteiger partial charge in [0.2, 0.25) is 0 Å². The largest absolute Gasteiger partial charge is 0.376 e. The van der Waals surface area contributed by atoms with Gasteiger partial charge in [0.05, 0.1) is 35.5 Å². The normalized spacial score (nSPS) is 25.2. The van der Waals surface area contributed by atoms with Crippen LogP contribution in [-0.4, -0.2) is 25.4 Å². The number of nitrogens with zero attached hydrogens (tertiary/aromatic N) is 2. The molecule has 0 aliphatic heterocycles. The third-order valence-electron chi connectivity index (χ3n) is 9.19. The van der Waals surface area contributed by atoms with E-state index in [1.807, 2.05) is 24.3 Å². The molecule has 0 radical (unpaired) electrons. The van der Waals surface area contributed by atoms with Crippen LogP contribution >= 0.6 is 0 Å². The quantitative estimate of drug-likeness (QED) is 0.304. The first kappa shape index (κ1) is 28.4. The lowest BCUT2D eigenvalue weighted by molar-refractivity contribution is -0.0628. The first-order valence-electron chi connectivity index (χ1n) is 14.8. The maximum atomic E-state index is 9.00. The smallest absolute Gasteiger partial charge is 0.0991 e. The van der Waals surface area contributed by atoms with Crippen molar-refractivity contribution in [1.29, 1.82) is 10.5 Å². The second-order valence-electron chi connectivity index (χ2n) is 11.6. The van der Waals surface area contributed by atoms with Crippen LogP contribution in [0.3, 0.4) is 0 Å². The number of hydrogen-bond donors (Lipinski definition) is 0. The zero-order valence-corrected chi connectivity index (χ0v) is 23.3. The van der Waals surface area contributed by atoms with Crippen LogP contribution in [0.1, 0.15) is 112 Å². The Morgan fingerprint density at radius 3 is 1.26 bits per heavy atom. The van der Waals surface area contributed by atoms with Gasteiger partial charge in [0, 0.05) is 13.2 Å². The minimum absolute atomic E-state index is 0.122. The average molecular weight is 513 g/mol. The van der Waals surface area contributed by atoms with Crippen LogP contribution in [0.25, 0.3) is 0 Å². The van der Waals surface area contributed by atoms with Gasteiger partial charge in [-0.25, -0.2) is 0 Å². The van der Waals surface area contributed by atoms with Crippen LogP contribution in [0.2, 0.25) is 0 Å². The molecule has 0 N–H and O–H groups in total. The molecule has 2 saturated carbocycles. The Bertz CT molecular complexity index is 962. The van der Waals surface area contributed by atoms with Crippen LogP contribution in [0, 0.1) is 34.5 Å². The van der Waals surface area contributed by atoms with Crippen molar-refractivity contribution in [2.75, 3.05) is 13.2 Å². The predicted molar refractivity (Wildman–Crippen MR) is 152 cm³/mol. The molecule has 2 unspecified atom stereocenters. The van der Waals surface area contributed by atoms with Crippen LogP contribution in [0.4, 0.5) is 0 Å². The maximum Gasteiger partial charge on any atom is 0.0991 e. The molecule has 2 aliphatic rings. The summed E-state index contributed by atoms with van der Waals surface area (Å²) in [6.07, 6.45) is 12.5. The molecule has 0 aromatic heterocycles. The summed E-state index contributed by atoms with van der Waals surface area (Å²) in [5.41, 5.74) is 4.26. The summed E-state index contributed by atoms with van der Waals surface area (Å²) >= 11 is 0. The molecule has 2 fully saturated rings. The molecule has 2 aromatic carbocycles. The van der Waals surface area contributed by atoms with Crippen LogP contribution in [0.15, 0.2) is 48.5 Å². The van der Waals surface area contributed by atoms with Crippen LogP contribution < -0.4 is 0 Å². The highest BCUT2D eigenvalue weighted by atomic mass is 16.5. The summed E-state index contributed by atoms with van der Waals surface area (Å²) < 4.78 is 12.4. The molecule has 2 aliphatic carbocycles. The maximum absolute atomic E-state index is 9.00. The SMILES string of the molecule is CC(OCCC1CCC(c2ccc(C#N)cc2)CC1)C(C)OCCC1CCC(c2ccc(C#N)cc2)CC1. The van der Waals surface area contributed by atoms with E-state index < -0.39 is 0 Å².